The first-order valence-corrected chi connectivity index (χ1v) is 14.4. The number of carbonyl (C=O) groups excluding carboxylic acids is 1. The Morgan fingerprint density at radius 2 is 1.89 bits per heavy atom. The van der Waals surface area contributed by atoms with Gasteiger partial charge in [0.15, 0.2) is 10.6 Å². The van der Waals surface area contributed by atoms with Crippen molar-refractivity contribution in [2.75, 3.05) is 18.0 Å². The number of amides is 1. The largest absolute Gasteiger partial charge is 0.477 e. The monoisotopic (exact) mass is 512 g/mol. The standard InChI is InChI=1S/C27H36N4O4S/c1-19-11-12-21(20-7-4-3-5-8-20)22(17-19)35-27(13-14-27)25(32)30-36(33,34)24-10-6-9-23(29-24)31-16-15-26(2,28)18-31/h6,9-12,17,20H,3-5,7-8,13-16,18,28H2,1-2H3,(H,30,32). The van der Waals surface area contributed by atoms with Gasteiger partial charge in [-0.15, -0.1) is 0 Å². The van der Waals surface area contributed by atoms with Crippen LogP contribution in [0.3, 0.4) is 0 Å². The summed E-state index contributed by atoms with van der Waals surface area (Å²) in [7, 11) is -4.16. The highest BCUT2D eigenvalue weighted by Gasteiger charge is 2.54. The topological polar surface area (TPSA) is 115 Å². The summed E-state index contributed by atoms with van der Waals surface area (Å²) in [6.07, 6.45) is 7.59. The van der Waals surface area contributed by atoms with E-state index in [1.54, 1.807) is 12.1 Å². The van der Waals surface area contributed by atoms with Gasteiger partial charge in [0, 0.05) is 31.5 Å². The lowest BCUT2D eigenvalue weighted by Gasteiger charge is -2.26. The van der Waals surface area contributed by atoms with Gasteiger partial charge in [-0.3, -0.25) is 4.79 Å². The zero-order chi connectivity index (χ0) is 25.6. The maximum Gasteiger partial charge on any atom is 0.281 e. The molecule has 0 radical (unpaired) electrons. The first-order valence-electron chi connectivity index (χ1n) is 12.9. The van der Waals surface area contributed by atoms with E-state index in [1.165, 1.54) is 25.3 Å². The molecule has 0 spiro atoms. The number of carbonyl (C=O) groups is 1. The number of rotatable bonds is 7. The highest BCUT2D eigenvalue weighted by molar-refractivity contribution is 7.90. The molecular formula is C27H36N4O4S. The quantitative estimate of drug-likeness (QED) is 0.580. The summed E-state index contributed by atoms with van der Waals surface area (Å²) >= 11 is 0. The molecule has 3 N–H and O–H groups in total. The molecule has 5 rings (SSSR count). The first kappa shape index (κ1) is 25.0. The summed E-state index contributed by atoms with van der Waals surface area (Å²) in [5.41, 5.74) is 6.88. The Balaban J connectivity index is 1.33. The van der Waals surface area contributed by atoms with Gasteiger partial charge in [0.25, 0.3) is 15.9 Å². The van der Waals surface area contributed by atoms with Crippen molar-refractivity contribution < 1.29 is 17.9 Å². The normalized spacial score (nSPS) is 23.9. The van der Waals surface area contributed by atoms with Crippen molar-refractivity contribution in [1.29, 1.82) is 0 Å². The molecular weight excluding hydrogens is 476 g/mol. The second kappa shape index (κ2) is 9.34. The number of nitrogens with two attached hydrogens (primary N) is 1. The van der Waals surface area contributed by atoms with Crippen LogP contribution in [0.5, 0.6) is 5.75 Å². The van der Waals surface area contributed by atoms with Crippen LogP contribution in [0.2, 0.25) is 0 Å². The van der Waals surface area contributed by atoms with Crippen LogP contribution in [0.4, 0.5) is 5.82 Å². The molecule has 9 heteroatoms. The van der Waals surface area contributed by atoms with Crippen molar-refractivity contribution in [3.05, 3.63) is 47.5 Å². The van der Waals surface area contributed by atoms with Crippen LogP contribution in [0.1, 0.15) is 75.3 Å². The fraction of sp³-hybridized carbons (Fsp3) is 0.556. The predicted octanol–water partition coefficient (Wildman–Crippen LogP) is 3.78. The molecule has 2 aromatic rings. The van der Waals surface area contributed by atoms with Gasteiger partial charge < -0.3 is 15.4 Å². The summed E-state index contributed by atoms with van der Waals surface area (Å²) in [5, 5.41) is -0.187. The molecule has 1 amide bonds. The predicted molar refractivity (Wildman–Crippen MR) is 139 cm³/mol. The van der Waals surface area contributed by atoms with Crippen molar-refractivity contribution in [2.24, 2.45) is 5.73 Å². The van der Waals surface area contributed by atoms with Gasteiger partial charge >= 0.3 is 0 Å². The third-order valence-corrected chi connectivity index (χ3v) is 8.91. The third kappa shape index (κ3) is 5.22. The molecule has 0 bridgehead atoms. The fourth-order valence-electron chi connectivity index (χ4n) is 5.36. The fourth-order valence-corrected chi connectivity index (χ4v) is 6.36. The van der Waals surface area contributed by atoms with E-state index >= 15 is 0 Å². The molecule has 8 nitrogen and oxygen atoms in total. The Morgan fingerprint density at radius 1 is 1.14 bits per heavy atom. The summed E-state index contributed by atoms with van der Waals surface area (Å²) in [4.78, 5) is 19.6. The van der Waals surface area contributed by atoms with Crippen molar-refractivity contribution in [2.45, 2.75) is 87.3 Å². The van der Waals surface area contributed by atoms with Gasteiger partial charge in [-0.1, -0.05) is 37.5 Å². The molecule has 1 aromatic carbocycles. The zero-order valence-corrected chi connectivity index (χ0v) is 21.9. The number of pyridine rings is 1. The molecule has 1 saturated heterocycles. The number of sulfonamides is 1. The summed E-state index contributed by atoms with van der Waals surface area (Å²) in [5.74, 6) is 1.01. The average Bonchev–Trinajstić information content (AvgIpc) is 3.54. The van der Waals surface area contributed by atoms with E-state index in [0.29, 0.717) is 43.4 Å². The van der Waals surface area contributed by atoms with Gasteiger partial charge in [0.2, 0.25) is 0 Å². The average molecular weight is 513 g/mol. The Hall–Kier alpha value is -2.65. The highest BCUT2D eigenvalue weighted by Crippen LogP contribution is 2.45. The van der Waals surface area contributed by atoms with Gasteiger partial charge in [0.05, 0.1) is 0 Å². The first-order chi connectivity index (χ1) is 17.1. The molecule has 194 valence electrons. The molecule has 1 aromatic heterocycles. The van der Waals surface area contributed by atoms with Crippen LogP contribution in [-0.4, -0.2) is 43.5 Å². The second-order valence-corrected chi connectivity index (χ2v) is 12.7. The minimum atomic E-state index is -4.16. The molecule has 1 aliphatic heterocycles. The molecule has 2 heterocycles. The number of aryl methyl sites for hydroxylation is 1. The molecule has 3 aliphatic rings. The molecule has 2 aliphatic carbocycles. The van der Waals surface area contributed by atoms with E-state index in [1.807, 2.05) is 24.8 Å². The number of ether oxygens (including phenoxy) is 1. The summed E-state index contributed by atoms with van der Waals surface area (Å²) < 4.78 is 34.9. The maximum absolute atomic E-state index is 13.2. The lowest BCUT2D eigenvalue weighted by Crippen LogP contribution is -2.43. The molecule has 1 unspecified atom stereocenters. The molecule has 36 heavy (non-hydrogen) atoms. The number of benzene rings is 1. The van der Waals surface area contributed by atoms with Gasteiger partial charge in [0.1, 0.15) is 11.6 Å². The van der Waals surface area contributed by atoms with Crippen molar-refractivity contribution >= 4 is 21.7 Å². The van der Waals surface area contributed by atoms with Crippen molar-refractivity contribution in [3.8, 4) is 5.75 Å². The number of nitrogens with one attached hydrogen (secondary N) is 1. The van der Waals surface area contributed by atoms with E-state index in [4.69, 9.17) is 10.5 Å². The Labute approximate surface area is 213 Å². The number of hydrogen-bond donors (Lipinski definition) is 2. The van der Waals surface area contributed by atoms with E-state index in [2.05, 4.69) is 21.8 Å². The van der Waals surface area contributed by atoms with E-state index in [0.717, 1.165) is 30.4 Å². The number of hydrogen-bond acceptors (Lipinski definition) is 7. The minimum absolute atomic E-state index is 0.187. The SMILES string of the molecule is Cc1ccc(C2CCCCC2)c(OC2(C(=O)NS(=O)(=O)c3cccc(N4CCC(C)(N)C4)n3)CC2)c1. The Kier molecular flexibility index (Phi) is 6.49. The Morgan fingerprint density at radius 3 is 2.56 bits per heavy atom. The van der Waals surface area contributed by atoms with Crippen molar-refractivity contribution in [1.82, 2.24) is 9.71 Å². The van der Waals surface area contributed by atoms with Crippen LogP contribution >= 0.6 is 0 Å². The van der Waals surface area contributed by atoms with E-state index < -0.39 is 21.5 Å². The molecule has 3 fully saturated rings. The van der Waals surface area contributed by atoms with Crippen LogP contribution in [0.25, 0.3) is 0 Å². The lowest BCUT2D eigenvalue weighted by atomic mass is 9.83. The summed E-state index contributed by atoms with van der Waals surface area (Å²) in [6, 6.07) is 11.0. The Bertz CT molecular complexity index is 1250. The summed E-state index contributed by atoms with van der Waals surface area (Å²) in [6.45, 7) is 5.25. The van der Waals surface area contributed by atoms with E-state index in [9.17, 15) is 13.2 Å². The smallest absolute Gasteiger partial charge is 0.281 e. The van der Waals surface area contributed by atoms with Crippen LogP contribution in [0, 0.1) is 6.92 Å². The van der Waals surface area contributed by atoms with Gasteiger partial charge in [-0.25, -0.2) is 9.71 Å². The highest BCUT2D eigenvalue weighted by atomic mass is 32.2. The number of nitrogens with zero attached hydrogens (tertiary/aromatic N) is 2. The lowest BCUT2D eigenvalue weighted by molar-refractivity contribution is -0.128. The van der Waals surface area contributed by atoms with Crippen LogP contribution < -0.4 is 20.1 Å². The van der Waals surface area contributed by atoms with Gasteiger partial charge in [-0.05, 0) is 68.4 Å². The van der Waals surface area contributed by atoms with Crippen LogP contribution in [0.15, 0.2) is 41.4 Å². The van der Waals surface area contributed by atoms with Gasteiger partial charge in [-0.2, -0.15) is 8.42 Å². The van der Waals surface area contributed by atoms with Crippen LogP contribution in [-0.2, 0) is 14.8 Å². The third-order valence-electron chi connectivity index (χ3n) is 7.68. The van der Waals surface area contributed by atoms with Crippen molar-refractivity contribution in [3.63, 3.8) is 0 Å². The molecule has 2 saturated carbocycles. The zero-order valence-electron chi connectivity index (χ0n) is 21.1. The second-order valence-electron chi connectivity index (χ2n) is 11.1. The van der Waals surface area contributed by atoms with E-state index in [-0.39, 0.29) is 10.6 Å². The molecule has 1 atom stereocenters. The number of anilines is 1. The maximum atomic E-state index is 13.2. The number of aromatic nitrogens is 1. The minimum Gasteiger partial charge on any atom is -0.477 e.